The second kappa shape index (κ2) is 6.15. The molecule has 1 heterocycles. The summed E-state index contributed by atoms with van der Waals surface area (Å²) in [6.07, 6.45) is 1.73. The molecule has 3 unspecified atom stereocenters. The molecular formula is C14H21BrN2O. The Hall–Kier alpha value is -0.420. The molecular weight excluding hydrogens is 292 g/mol. The van der Waals surface area contributed by atoms with Gasteiger partial charge in [0, 0.05) is 23.1 Å². The molecule has 1 aromatic carbocycles. The van der Waals surface area contributed by atoms with Gasteiger partial charge >= 0.3 is 0 Å². The van der Waals surface area contributed by atoms with Crippen molar-refractivity contribution in [2.24, 2.45) is 5.73 Å². The van der Waals surface area contributed by atoms with Gasteiger partial charge in [0.2, 0.25) is 0 Å². The highest BCUT2D eigenvalue weighted by molar-refractivity contribution is 9.10. The number of halogens is 1. The van der Waals surface area contributed by atoms with Crippen LogP contribution in [0.3, 0.4) is 0 Å². The molecule has 18 heavy (non-hydrogen) atoms. The fraction of sp³-hybridized carbons (Fsp3) is 0.571. The SMILES string of the molecule is CC(N)C(c1cccc(Br)c1)N1CCCC(O)C1. The lowest BCUT2D eigenvalue weighted by atomic mass is 9.96. The predicted octanol–water partition coefficient (Wildman–Crippen LogP) is 2.29. The van der Waals surface area contributed by atoms with Crippen molar-refractivity contribution in [1.82, 2.24) is 4.90 Å². The number of aliphatic hydroxyl groups is 1. The lowest BCUT2D eigenvalue weighted by Gasteiger charge is -2.39. The summed E-state index contributed by atoms with van der Waals surface area (Å²) in [4.78, 5) is 2.31. The molecule has 1 saturated heterocycles. The van der Waals surface area contributed by atoms with Crippen LogP contribution in [0, 0.1) is 0 Å². The molecule has 2 rings (SSSR count). The van der Waals surface area contributed by atoms with Crippen molar-refractivity contribution in [1.29, 1.82) is 0 Å². The van der Waals surface area contributed by atoms with Gasteiger partial charge in [-0.1, -0.05) is 28.1 Å². The van der Waals surface area contributed by atoms with Crippen LogP contribution in [0.2, 0.25) is 0 Å². The van der Waals surface area contributed by atoms with Gasteiger partial charge in [0.25, 0.3) is 0 Å². The normalized spacial score (nSPS) is 24.8. The fourth-order valence-corrected chi connectivity index (χ4v) is 3.19. The zero-order chi connectivity index (χ0) is 13.1. The Kier molecular flexibility index (Phi) is 4.78. The Morgan fingerprint density at radius 1 is 1.50 bits per heavy atom. The second-order valence-corrected chi connectivity index (χ2v) is 6.07. The van der Waals surface area contributed by atoms with Gasteiger partial charge in [-0.15, -0.1) is 0 Å². The molecule has 0 radical (unpaired) electrons. The minimum atomic E-state index is -0.216. The van der Waals surface area contributed by atoms with Crippen molar-refractivity contribution in [3.05, 3.63) is 34.3 Å². The van der Waals surface area contributed by atoms with Crippen LogP contribution in [-0.4, -0.2) is 35.2 Å². The molecule has 3 atom stereocenters. The third-order valence-corrected chi connectivity index (χ3v) is 4.00. The van der Waals surface area contributed by atoms with Crippen LogP contribution in [0.4, 0.5) is 0 Å². The first kappa shape index (κ1) is 14.0. The molecule has 0 spiro atoms. The molecule has 0 saturated carbocycles. The molecule has 3 nitrogen and oxygen atoms in total. The molecule has 4 heteroatoms. The van der Waals surface area contributed by atoms with Crippen LogP contribution in [0.1, 0.15) is 31.4 Å². The first-order valence-electron chi connectivity index (χ1n) is 6.51. The van der Waals surface area contributed by atoms with Gasteiger partial charge in [-0.25, -0.2) is 0 Å². The molecule has 0 aromatic heterocycles. The quantitative estimate of drug-likeness (QED) is 0.900. The summed E-state index contributed by atoms with van der Waals surface area (Å²) in [6.45, 7) is 3.76. The summed E-state index contributed by atoms with van der Waals surface area (Å²) in [6, 6.07) is 8.51. The van der Waals surface area contributed by atoms with E-state index in [1.165, 1.54) is 5.56 Å². The van der Waals surface area contributed by atoms with Gasteiger partial charge in [-0.3, -0.25) is 4.90 Å². The van der Waals surface area contributed by atoms with Gasteiger partial charge in [0.05, 0.1) is 6.10 Å². The summed E-state index contributed by atoms with van der Waals surface area (Å²) in [7, 11) is 0. The number of nitrogens with two attached hydrogens (primary N) is 1. The topological polar surface area (TPSA) is 49.5 Å². The molecule has 0 bridgehead atoms. The second-order valence-electron chi connectivity index (χ2n) is 5.15. The number of nitrogens with zero attached hydrogens (tertiary/aromatic N) is 1. The van der Waals surface area contributed by atoms with Gasteiger partial charge < -0.3 is 10.8 Å². The Morgan fingerprint density at radius 3 is 2.89 bits per heavy atom. The van der Waals surface area contributed by atoms with Crippen LogP contribution in [0.5, 0.6) is 0 Å². The molecule has 3 N–H and O–H groups in total. The van der Waals surface area contributed by atoms with Gasteiger partial charge in [0.15, 0.2) is 0 Å². The van der Waals surface area contributed by atoms with Crippen LogP contribution in [0.25, 0.3) is 0 Å². The average Bonchev–Trinajstić information content (AvgIpc) is 2.28. The number of aliphatic hydroxyl groups excluding tert-OH is 1. The van der Waals surface area contributed by atoms with Gasteiger partial charge in [-0.2, -0.15) is 0 Å². The van der Waals surface area contributed by atoms with E-state index in [-0.39, 0.29) is 18.2 Å². The summed E-state index contributed by atoms with van der Waals surface area (Å²) < 4.78 is 1.07. The van der Waals surface area contributed by atoms with E-state index in [1.54, 1.807) is 0 Å². The molecule has 0 amide bonds. The van der Waals surface area contributed by atoms with Crippen LogP contribution >= 0.6 is 15.9 Å². The first-order valence-corrected chi connectivity index (χ1v) is 7.30. The number of hydrogen-bond acceptors (Lipinski definition) is 3. The molecule has 1 aromatic rings. The lowest BCUT2D eigenvalue weighted by molar-refractivity contribution is 0.0404. The smallest absolute Gasteiger partial charge is 0.0667 e. The summed E-state index contributed by atoms with van der Waals surface area (Å²) in [5.41, 5.74) is 7.37. The van der Waals surface area contributed by atoms with E-state index in [4.69, 9.17) is 5.73 Å². The highest BCUT2D eigenvalue weighted by Crippen LogP contribution is 2.28. The third kappa shape index (κ3) is 3.32. The zero-order valence-electron chi connectivity index (χ0n) is 10.7. The minimum Gasteiger partial charge on any atom is -0.392 e. The van der Waals surface area contributed by atoms with E-state index < -0.39 is 0 Å². The molecule has 1 aliphatic rings. The van der Waals surface area contributed by atoms with Crippen LogP contribution in [-0.2, 0) is 0 Å². The third-order valence-electron chi connectivity index (χ3n) is 3.51. The number of likely N-dealkylation sites (tertiary alicyclic amines) is 1. The standard InChI is InChI=1S/C14H21BrN2O/c1-10(16)14(11-4-2-5-12(15)8-11)17-7-3-6-13(18)9-17/h2,4-5,8,10,13-14,18H,3,6-7,9,16H2,1H3. The van der Waals surface area contributed by atoms with E-state index in [0.29, 0.717) is 0 Å². The van der Waals surface area contributed by atoms with E-state index in [0.717, 1.165) is 30.4 Å². The van der Waals surface area contributed by atoms with Crippen molar-refractivity contribution >= 4 is 15.9 Å². The average molecular weight is 313 g/mol. The van der Waals surface area contributed by atoms with Crippen molar-refractivity contribution < 1.29 is 5.11 Å². The molecule has 1 fully saturated rings. The minimum absolute atomic E-state index is 0.0459. The zero-order valence-corrected chi connectivity index (χ0v) is 12.3. The Labute approximate surface area is 117 Å². The first-order chi connectivity index (χ1) is 8.58. The van der Waals surface area contributed by atoms with Gasteiger partial charge in [-0.05, 0) is 44.0 Å². The number of benzene rings is 1. The Morgan fingerprint density at radius 2 is 2.28 bits per heavy atom. The van der Waals surface area contributed by atoms with E-state index in [1.807, 2.05) is 19.1 Å². The number of rotatable bonds is 3. The maximum atomic E-state index is 9.82. The summed E-state index contributed by atoms with van der Waals surface area (Å²) in [5.74, 6) is 0. The molecule has 1 aliphatic heterocycles. The van der Waals surface area contributed by atoms with Crippen molar-refractivity contribution in [3.8, 4) is 0 Å². The fourth-order valence-electron chi connectivity index (χ4n) is 2.77. The monoisotopic (exact) mass is 312 g/mol. The summed E-state index contributed by atoms with van der Waals surface area (Å²) in [5, 5.41) is 9.82. The Balaban J connectivity index is 2.22. The maximum Gasteiger partial charge on any atom is 0.0667 e. The largest absolute Gasteiger partial charge is 0.392 e. The highest BCUT2D eigenvalue weighted by Gasteiger charge is 2.28. The Bertz CT molecular complexity index is 397. The number of piperidine rings is 1. The van der Waals surface area contributed by atoms with Crippen molar-refractivity contribution in [2.45, 2.75) is 38.0 Å². The summed E-state index contributed by atoms with van der Waals surface area (Å²) >= 11 is 3.51. The van der Waals surface area contributed by atoms with Crippen LogP contribution in [0.15, 0.2) is 28.7 Å². The number of β-amino-alcohol motifs (C(OH)–C–C–N with tert-alkyl or cyclic N) is 1. The van der Waals surface area contributed by atoms with E-state index in [2.05, 4.69) is 33.0 Å². The molecule has 100 valence electrons. The predicted molar refractivity (Wildman–Crippen MR) is 77.3 cm³/mol. The van der Waals surface area contributed by atoms with Crippen molar-refractivity contribution in [3.63, 3.8) is 0 Å². The van der Waals surface area contributed by atoms with Gasteiger partial charge in [0.1, 0.15) is 0 Å². The maximum absolute atomic E-state index is 9.82. The lowest BCUT2D eigenvalue weighted by Crippen LogP contribution is -2.46. The molecule has 0 aliphatic carbocycles. The highest BCUT2D eigenvalue weighted by atomic mass is 79.9. The number of hydrogen-bond donors (Lipinski definition) is 2. The van der Waals surface area contributed by atoms with E-state index in [9.17, 15) is 5.11 Å². The van der Waals surface area contributed by atoms with Crippen LogP contribution < -0.4 is 5.73 Å². The van der Waals surface area contributed by atoms with Crippen molar-refractivity contribution in [2.75, 3.05) is 13.1 Å². The van der Waals surface area contributed by atoms with E-state index >= 15 is 0 Å².